The van der Waals surface area contributed by atoms with Gasteiger partial charge in [0.25, 0.3) is 5.72 Å². The van der Waals surface area contributed by atoms with Crippen LogP contribution in [-0.2, 0) is 52.5 Å². The van der Waals surface area contributed by atoms with Crippen molar-refractivity contribution in [2.75, 3.05) is 6.61 Å². The molecule has 0 rings (SSSR count). The van der Waals surface area contributed by atoms with Gasteiger partial charge in [-0.05, 0) is 13.8 Å². The fourth-order valence-electron chi connectivity index (χ4n) is 3.21. The molecular formula is C21H31N3O13S. The molecule has 0 fully saturated rings. The molecule has 0 spiro atoms. The number of aldehydes is 1. The summed E-state index contributed by atoms with van der Waals surface area (Å²) >= 11 is 0.361. The fraction of sp³-hybridized carbons (Fsp3) is 0.667. The zero-order valence-corrected chi connectivity index (χ0v) is 22.6. The number of ether oxygens (including phenoxy) is 4. The molecule has 0 aromatic rings. The summed E-state index contributed by atoms with van der Waals surface area (Å²) in [4.78, 5) is 96.2. The van der Waals surface area contributed by atoms with E-state index in [1.807, 2.05) is 0 Å². The third-order valence-electron chi connectivity index (χ3n) is 4.56. The molecule has 0 heterocycles. The molecule has 5 atom stereocenters. The van der Waals surface area contributed by atoms with Gasteiger partial charge < -0.3 is 34.7 Å². The van der Waals surface area contributed by atoms with E-state index in [0.29, 0.717) is 11.9 Å². The Kier molecular flexibility index (Phi) is 13.5. The van der Waals surface area contributed by atoms with Gasteiger partial charge in [-0.25, -0.2) is 0 Å². The first-order valence-electron chi connectivity index (χ1n) is 10.8. The summed E-state index contributed by atoms with van der Waals surface area (Å²) in [5, 5.41) is 14.2. The number of carbonyl (C=O) groups is 7. The zero-order chi connectivity index (χ0) is 29.8. The van der Waals surface area contributed by atoms with Crippen LogP contribution >= 0.6 is 11.9 Å². The first-order valence-corrected chi connectivity index (χ1v) is 11.6. The van der Waals surface area contributed by atoms with E-state index in [1.165, 1.54) is 13.8 Å². The van der Waals surface area contributed by atoms with Crippen molar-refractivity contribution >= 4 is 53.9 Å². The maximum atomic E-state index is 13.4. The number of amides is 2. The monoisotopic (exact) mass is 565 g/mol. The molecule has 38 heavy (non-hydrogen) atoms. The third-order valence-corrected chi connectivity index (χ3v) is 5.34. The van der Waals surface area contributed by atoms with Gasteiger partial charge in [-0.2, -0.15) is 0 Å². The van der Waals surface area contributed by atoms with E-state index in [0.717, 1.165) is 34.6 Å². The average Bonchev–Trinajstić information content (AvgIpc) is 2.76. The van der Waals surface area contributed by atoms with Crippen LogP contribution < -0.4 is 10.6 Å². The Hall–Kier alpha value is -3.60. The molecule has 17 heteroatoms. The standard InChI is InChI=1S/C21H31N3O13S/c1-10(27)22-17(20(6,7)38-24-33)19(32)23-21(9-26,37-14(5)31)18(36-13(4)30)16(35-12(3)29)15(8-25)34-11(2)28/h9,15-18,25H,8H2,1-7H3,(H,22,27)(H,23,32)/t15-,16-,17-,18+,21+/m1/s1. The molecule has 0 aromatic heterocycles. The summed E-state index contributed by atoms with van der Waals surface area (Å²) < 4.78 is 21.4. The van der Waals surface area contributed by atoms with Gasteiger partial charge in [-0.3, -0.25) is 33.6 Å². The van der Waals surface area contributed by atoms with Crippen LogP contribution in [0.25, 0.3) is 0 Å². The maximum absolute atomic E-state index is 13.4. The lowest BCUT2D eigenvalue weighted by Crippen LogP contribution is -2.70. The Morgan fingerprint density at radius 1 is 0.921 bits per heavy atom. The van der Waals surface area contributed by atoms with Crippen LogP contribution in [0.3, 0.4) is 0 Å². The summed E-state index contributed by atoms with van der Waals surface area (Å²) in [5.41, 5.74) is -2.98. The van der Waals surface area contributed by atoms with Crippen LogP contribution in [0.15, 0.2) is 4.58 Å². The third kappa shape index (κ3) is 10.4. The van der Waals surface area contributed by atoms with Gasteiger partial charge in [0.15, 0.2) is 18.5 Å². The second-order valence-corrected chi connectivity index (χ2v) is 9.72. The number of nitrogens with one attached hydrogen (secondary N) is 2. The Morgan fingerprint density at radius 2 is 1.45 bits per heavy atom. The van der Waals surface area contributed by atoms with Gasteiger partial charge >= 0.3 is 23.9 Å². The largest absolute Gasteiger partial charge is 0.456 e. The summed E-state index contributed by atoms with van der Waals surface area (Å²) in [6, 6.07) is -1.61. The number of nitroso groups, excluding NO2 is 1. The van der Waals surface area contributed by atoms with Gasteiger partial charge in [0.2, 0.25) is 17.9 Å². The molecule has 0 unspecified atom stereocenters. The van der Waals surface area contributed by atoms with Crippen molar-refractivity contribution in [1.82, 2.24) is 10.6 Å². The second kappa shape index (κ2) is 15.0. The lowest BCUT2D eigenvalue weighted by Gasteiger charge is -2.41. The molecule has 214 valence electrons. The molecule has 0 bridgehead atoms. The molecule has 0 aliphatic heterocycles. The lowest BCUT2D eigenvalue weighted by molar-refractivity contribution is -0.220. The molecule has 0 saturated heterocycles. The number of hydrogen-bond acceptors (Lipinski definition) is 15. The van der Waals surface area contributed by atoms with Crippen LogP contribution in [0.4, 0.5) is 0 Å². The number of nitrogens with zero attached hydrogens (tertiary/aromatic N) is 1. The van der Waals surface area contributed by atoms with E-state index in [2.05, 4.69) is 15.2 Å². The maximum Gasteiger partial charge on any atom is 0.305 e. The van der Waals surface area contributed by atoms with Gasteiger partial charge in [0.1, 0.15) is 6.04 Å². The predicted octanol–water partition coefficient (Wildman–Crippen LogP) is -0.954. The number of carbonyl (C=O) groups excluding carboxylic acids is 7. The Balaban J connectivity index is 7.12. The summed E-state index contributed by atoms with van der Waals surface area (Å²) in [6.45, 7) is 6.23. The number of esters is 4. The van der Waals surface area contributed by atoms with E-state index in [1.54, 1.807) is 0 Å². The molecule has 0 saturated carbocycles. The van der Waals surface area contributed by atoms with Crippen molar-refractivity contribution in [1.29, 1.82) is 0 Å². The lowest BCUT2D eigenvalue weighted by atomic mass is 9.95. The fourth-order valence-corrected chi connectivity index (χ4v) is 3.67. The first kappa shape index (κ1) is 34.4. The molecule has 0 aromatic carbocycles. The van der Waals surface area contributed by atoms with E-state index in [4.69, 9.17) is 18.9 Å². The van der Waals surface area contributed by atoms with Crippen molar-refractivity contribution < 1.29 is 57.6 Å². The number of hydrogen-bond donors (Lipinski definition) is 3. The second-order valence-electron chi connectivity index (χ2n) is 8.33. The van der Waals surface area contributed by atoms with Crippen LogP contribution in [0, 0.1) is 4.91 Å². The first-order chi connectivity index (χ1) is 17.5. The van der Waals surface area contributed by atoms with E-state index in [9.17, 15) is 43.6 Å². The van der Waals surface area contributed by atoms with Gasteiger partial charge in [-0.15, -0.1) is 4.91 Å². The van der Waals surface area contributed by atoms with Crippen molar-refractivity contribution in [3.63, 3.8) is 0 Å². The number of aliphatic hydroxyl groups is 1. The highest BCUT2D eigenvalue weighted by Crippen LogP contribution is 2.31. The smallest absolute Gasteiger partial charge is 0.305 e. The minimum absolute atomic E-state index is 0.165. The predicted molar refractivity (Wildman–Crippen MR) is 128 cm³/mol. The van der Waals surface area contributed by atoms with Gasteiger partial charge in [-0.1, -0.05) is 0 Å². The van der Waals surface area contributed by atoms with Crippen LogP contribution in [-0.4, -0.2) is 88.5 Å². The minimum Gasteiger partial charge on any atom is -0.456 e. The highest BCUT2D eigenvalue weighted by atomic mass is 32.2. The average molecular weight is 566 g/mol. The molecule has 16 nitrogen and oxygen atoms in total. The Bertz CT molecular complexity index is 941. The van der Waals surface area contributed by atoms with Crippen molar-refractivity contribution in [2.45, 2.75) is 83.3 Å². The molecular weight excluding hydrogens is 534 g/mol. The SMILES string of the molecule is CC(=O)N[C@H](C(=O)N[C@@](C=O)(OC(C)=O)[C@@H](OC(C)=O)[C@H](OC(C)=O)[C@@H](CO)OC(C)=O)C(C)(C)SN=O. The molecule has 2 amide bonds. The van der Waals surface area contributed by atoms with Crippen molar-refractivity contribution in [2.24, 2.45) is 4.58 Å². The summed E-state index contributed by atoms with van der Waals surface area (Å²) in [7, 11) is 0. The van der Waals surface area contributed by atoms with E-state index in [-0.39, 0.29) is 6.29 Å². The van der Waals surface area contributed by atoms with E-state index < -0.39 is 77.1 Å². The molecule has 0 aliphatic rings. The van der Waals surface area contributed by atoms with Crippen LogP contribution in [0.1, 0.15) is 48.5 Å². The highest BCUT2D eigenvalue weighted by Gasteiger charge is 2.56. The van der Waals surface area contributed by atoms with E-state index >= 15 is 0 Å². The highest BCUT2D eigenvalue weighted by molar-refractivity contribution is 7.99. The molecule has 0 radical (unpaired) electrons. The van der Waals surface area contributed by atoms with Gasteiger partial charge in [0.05, 0.1) is 11.4 Å². The summed E-state index contributed by atoms with van der Waals surface area (Å²) in [5.74, 6) is -6.37. The van der Waals surface area contributed by atoms with Crippen molar-refractivity contribution in [3.8, 4) is 0 Å². The summed E-state index contributed by atoms with van der Waals surface area (Å²) in [6.07, 6.45) is -6.22. The Labute approximate surface area is 221 Å². The topological polar surface area (TPSA) is 230 Å². The minimum atomic E-state index is -2.98. The normalized spacial score (nSPS) is 15.7. The van der Waals surface area contributed by atoms with Crippen LogP contribution in [0.5, 0.6) is 0 Å². The zero-order valence-electron chi connectivity index (χ0n) is 21.8. The Morgan fingerprint density at radius 3 is 1.82 bits per heavy atom. The number of rotatable bonds is 15. The van der Waals surface area contributed by atoms with Gasteiger partial charge in [0, 0.05) is 51.1 Å². The van der Waals surface area contributed by atoms with Crippen LogP contribution in [0.2, 0.25) is 0 Å². The molecule has 0 aliphatic carbocycles. The molecule has 3 N–H and O–H groups in total. The van der Waals surface area contributed by atoms with Crippen molar-refractivity contribution in [3.05, 3.63) is 4.91 Å². The number of aliphatic hydroxyl groups excluding tert-OH is 1. The quantitative estimate of drug-likeness (QED) is 0.0543.